The molecule has 0 aromatic carbocycles. The number of nitrogens with two attached hydrogens (primary N) is 1. The lowest BCUT2D eigenvalue weighted by Gasteiger charge is -2.37. The van der Waals surface area contributed by atoms with E-state index in [1.54, 1.807) is 0 Å². The Hall–Kier alpha value is -0.290. The van der Waals surface area contributed by atoms with Crippen LogP contribution in [0.4, 0.5) is 13.2 Å². The predicted octanol–water partition coefficient (Wildman–Crippen LogP) is 2.39. The van der Waals surface area contributed by atoms with Crippen LogP contribution in [0.2, 0.25) is 0 Å². The van der Waals surface area contributed by atoms with E-state index in [0.29, 0.717) is 19.0 Å². The van der Waals surface area contributed by atoms with Gasteiger partial charge in [0.1, 0.15) is 0 Å². The number of rotatable bonds is 3. The lowest BCUT2D eigenvalue weighted by molar-refractivity contribution is -0.185. The Labute approximate surface area is 100 Å². The minimum atomic E-state index is -4.02. The van der Waals surface area contributed by atoms with Crippen molar-refractivity contribution in [3.05, 3.63) is 0 Å². The van der Waals surface area contributed by atoms with E-state index in [1.165, 1.54) is 12.8 Å². The van der Waals surface area contributed by atoms with E-state index in [-0.39, 0.29) is 18.4 Å². The summed E-state index contributed by atoms with van der Waals surface area (Å²) < 4.78 is 37.5. The summed E-state index contributed by atoms with van der Waals surface area (Å²) in [4.78, 5) is 2.10. The third kappa shape index (κ3) is 3.35. The molecule has 1 aliphatic heterocycles. The van der Waals surface area contributed by atoms with Crippen molar-refractivity contribution in [3.63, 3.8) is 0 Å². The summed E-state index contributed by atoms with van der Waals surface area (Å²) >= 11 is 0. The molecule has 1 heterocycles. The monoisotopic (exact) mass is 250 g/mol. The van der Waals surface area contributed by atoms with E-state index in [9.17, 15) is 13.2 Å². The van der Waals surface area contributed by atoms with Gasteiger partial charge in [-0.1, -0.05) is 0 Å². The summed E-state index contributed by atoms with van der Waals surface area (Å²) in [5.41, 5.74) is 5.99. The van der Waals surface area contributed by atoms with Crippen molar-refractivity contribution in [2.45, 2.75) is 44.3 Å². The normalized spacial score (nSPS) is 28.1. The fourth-order valence-electron chi connectivity index (χ4n) is 2.77. The fourth-order valence-corrected chi connectivity index (χ4v) is 2.77. The molecule has 0 aromatic heterocycles. The van der Waals surface area contributed by atoms with Crippen molar-refractivity contribution in [3.8, 4) is 0 Å². The molecule has 100 valence electrons. The second kappa shape index (κ2) is 4.43. The van der Waals surface area contributed by atoms with Gasteiger partial charge in [0, 0.05) is 12.1 Å². The molecule has 2 rings (SSSR count). The SMILES string of the molecule is CC(N)(CN1CCC(C(F)(F)F)CC1)C1CC1. The van der Waals surface area contributed by atoms with E-state index < -0.39 is 12.1 Å². The zero-order chi connectivity index (χ0) is 12.7. The van der Waals surface area contributed by atoms with Crippen LogP contribution in [0.25, 0.3) is 0 Å². The number of halogens is 3. The average molecular weight is 250 g/mol. The Morgan fingerprint density at radius 1 is 1.06 bits per heavy atom. The van der Waals surface area contributed by atoms with Crippen LogP contribution < -0.4 is 5.73 Å². The minimum absolute atomic E-state index is 0.217. The molecular weight excluding hydrogens is 229 g/mol. The number of nitrogens with zero attached hydrogens (tertiary/aromatic N) is 1. The molecule has 2 fully saturated rings. The number of likely N-dealkylation sites (tertiary alicyclic amines) is 1. The Morgan fingerprint density at radius 2 is 1.59 bits per heavy atom. The van der Waals surface area contributed by atoms with Gasteiger partial charge in [0.2, 0.25) is 0 Å². The molecule has 1 saturated heterocycles. The number of hydrogen-bond acceptors (Lipinski definition) is 2. The third-order valence-electron chi connectivity index (χ3n) is 4.12. The molecule has 2 N–H and O–H groups in total. The number of piperidine rings is 1. The van der Waals surface area contributed by atoms with Crippen LogP contribution >= 0.6 is 0 Å². The van der Waals surface area contributed by atoms with Crippen LogP contribution in [-0.4, -0.2) is 36.2 Å². The second-order valence-corrected chi connectivity index (χ2v) is 5.87. The summed E-state index contributed by atoms with van der Waals surface area (Å²) in [6.45, 7) is 3.83. The Morgan fingerprint density at radius 3 is 2.00 bits per heavy atom. The first-order valence-corrected chi connectivity index (χ1v) is 6.37. The summed E-state index contributed by atoms with van der Waals surface area (Å²) in [5, 5.41) is 0. The first-order valence-electron chi connectivity index (χ1n) is 6.37. The maximum Gasteiger partial charge on any atom is 0.391 e. The van der Waals surface area contributed by atoms with Gasteiger partial charge < -0.3 is 10.6 Å². The zero-order valence-corrected chi connectivity index (χ0v) is 10.3. The van der Waals surface area contributed by atoms with Gasteiger partial charge in [-0.15, -0.1) is 0 Å². The zero-order valence-electron chi connectivity index (χ0n) is 10.3. The lowest BCUT2D eigenvalue weighted by atomic mass is 9.92. The highest BCUT2D eigenvalue weighted by atomic mass is 19.4. The molecule has 1 saturated carbocycles. The standard InChI is InChI=1S/C12H21F3N2/c1-11(16,9-2-3-9)8-17-6-4-10(5-7-17)12(13,14)15/h9-10H,2-8,16H2,1H3. The molecule has 0 spiro atoms. The van der Waals surface area contributed by atoms with Gasteiger partial charge in [-0.05, 0) is 51.6 Å². The van der Waals surface area contributed by atoms with Gasteiger partial charge in [0.25, 0.3) is 0 Å². The summed E-state index contributed by atoms with van der Waals surface area (Å²) in [6.07, 6.45) is -1.22. The maximum absolute atomic E-state index is 12.5. The quantitative estimate of drug-likeness (QED) is 0.833. The van der Waals surface area contributed by atoms with Gasteiger partial charge >= 0.3 is 6.18 Å². The molecule has 1 aliphatic carbocycles. The van der Waals surface area contributed by atoms with Crippen LogP contribution in [0, 0.1) is 11.8 Å². The molecule has 0 radical (unpaired) electrons. The minimum Gasteiger partial charge on any atom is -0.324 e. The van der Waals surface area contributed by atoms with Gasteiger partial charge in [0.05, 0.1) is 5.92 Å². The predicted molar refractivity (Wildman–Crippen MR) is 60.5 cm³/mol. The average Bonchev–Trinajstić information content (AvgIpc) is 2.99. The summed E-state index contributed by atoms with van der Waals surface area (Å²) in [5.74, 6) is -0.536. The largest absolute Gasteiger partial charge is 0.391 e. The molecule has 0 bridgehead atoms. The Bertz CT molecular complexity index is 263. The van der Waals surface area contributed by atoms with E-state index in [4.69, 9.17) is 5.73 Å². The highest BCUT2D eigenvalue weighted by Gasteiger charge is 2.43. The molecule has 1 atom stereocenters. The molecule has 17 heavy (non-hydrogen) atoms. The van der Waals surface area contributed by atoms with Crippen molar-refractivity contribution in [2.24, 2.45) is 17.6 Å². The van der Waals surface area contributed by atoms with E-state index >= 15 is 0 Å². The van der Waals surface area contributed by atoms with Crippen molar-refractivity contribution in [1.29, 1.82) is 0 Å². The van der Waals surface area contributed by atoms with Crippen molar-refractivity contribution >= 4 is 0 Å². The molecule has 2 aliphatic rings. The topological polar surface area (TPSA) is 29.3 Å². The molecule has 0 amide bonds. The number of hydrogen-bond donors (Lipinski definition) is 1. The smallest absolute Gasteiger partial charge is 0.324 e. The molecule has 1 unspecified atom stereocenters. The van der Waals surface area contributed by atoms with Crippen LogP contribution in [0.5, 0.6) is 0 Å². The van der Waals surface area contributed by atoms with Crippen molar-refractivity contribution < 1.29 is 13.2 Å². The highest BCUT2D eigenvalue weighted by molar-refractivity contribution is 4.97. The van der Waals surface area contributed by atoms with Crippen LogP contribution in [0.15, 0.2) is 0 Å². The maximum atomic E-state index is 12.5. The van der Waals surface area contributed by atoms with Gasteiger partial charge in [0.15, 0.2) is 0 Å². The molecule has 2 nitrogen and oxygen atoms in total. The van der Waals surface area contributed by atoms with Crippen molar-refractivity contribution in [1.82, 2.24) is 4.90 Å². The van der Waals surface area contributed by atoms with Gasteiger partial charge in [-0.2, -0.15) is 13.2 Å². The Balaban J connectivity index is 1.79. The number of alkyl halides is 3. The lowest BCUT2D eigenvalue weighted by Crippen LogP contribution is -2.52. The van der Waals surface area contributed by atoms with Gasteiger partial charge in [-0.25, -0.2) is 0 Å². The second-order valence-electron chi connectivity index (χ2n) is 5.87. The third-order valence-corrected chi connectivity index (χ3v) is 4.12. The summed E-state index contributed by atoms with van der Waals surface area (Å²) in [6, 6.07) is 0. The van der Waals surface area contributed by atoms with Crippen molar-refractivity contribution in [2.75, 3.05) is 19.6 Å². The molecule has 0 aromatic rings. The molecular formula is C12H21F3N2. The summed E-state index contributed by atoms with van der Waals surface area (Å²) in [7, 11) is 0. The van der Waals surface area contributed by atoms with Crippen LogP contribution in [-0.2, 0) is 0 Å². The van der Waals surface area contributed by atoms with E-state index in [1.807, 2.05) is 6.92 Å². The fraction of sp³-hybridized carbons (Fsp3) is 1.00. The highest BCUT2D eigenvalue weighted by Crippen LogP contribution is 2.39. The van der Waals surface area contributed by atoms with Crippen LogP contribution in [0.1, 0.15) is 32.6 Å². The molecule has 5 heteroatoms. The van der Waals surface area contributed by atoms with Crippen LogP contribution in [0.3, 0.4) is 0 Å². The first kappa shape index (κ1) is 13.1. The van der Waals surface area contributed by atoms with Gasteiger partial charge in [-0.3, -0.25) is 0 Å². The van der Waals surface area contributed by atoms with E-state index in [0.717, 1.165) is 6.54 Å². The van der Waals surface area contributed by atoms with E-state index in [2.05, 4.69) is 4.90 Å². The first-order chi connectivity index (χ1) is 7.79. The Kier molecular flexibility index (Phi) is 3.42.